The Kier molecular flexibility index (Phi) is 8.50. The summed E-state index contributed by atoms with van der Waals surface area (Å²) >= 11 is 13.3. The molecule has 1 aliphatic heterocycles. The summed E-state index contributed by atoms with van der Waals surface area (Å²) in [5.41, 5.74) is 6.74. The van der Waals surface area contributed by atoms with Gasteiger partial charge in [0, 0.05) is 44.7 Å². The number of rotatable bonds is 8. The van der Waals surface area contributed by atoms with Crippen molar-refractivity contribution in [3.63, 3.8) is 0 Å². The average Bonchev–Trinajstić information content (AvgIpc) is 2.70. The van der Waals surface area contributed by atoms with Crippen molar-refractivity contribution in [3.8, 4) is 0 Å². The third kappa shape index (κ3) is 7.33. The van der Waals surface area contributed by atoms with E-state index >= 15 is 0 Å². The number of benzene rings is 1. The molecule has 0 bridgehead atoms. The Morgan fingerprint density at radius 3 is 2.84 bits per heavy atom. The summed E-state index contributed by atoms with van der Waals surface area (Å²) in [5, 5.41) is 1.57. The number of aromatic nitrogens is 2. The highest BCUT2D eigenvalue weighted by molar-refractivity contribution is 7.97. The molecule has 31 heavy (non-hydrogen) atoms. The fourth-order valence-electron chi connectivity index (χ4n) is 3.15. The van der Waals surface area contributed by atoms with Crippen LogP contribution in [-0.2, 0) is 27.3 Å². The van der Waals surface area contributed by atoms with Crippen molar-refractivity contribution in [2.45, 2.75) is 31.0 Å². The second-order valence-electron chi connectivity index (χ2n) is 7.14. The van der Waals surface area contributed by atoms with Gasteiger partial charge < -0.3 is 10.5 Å². The zero-order chi connectivity index (χ0) is 22.4. The Morgan fingerprint density at radius 1 is 1.32 bits per heavy atom. The highest BCUT2D eigenvalue weighted by Crippen LogP contribution is 2.25. The zero-order valence-electron chi connectivity index (χ0n) is 17.0. The molecule has 11 heteroatoms. The van der Waals surface area contributed by atoms with Gasteiger partial charge in [-0.25, -0.2) is 4.98 Å². The number of morpholine rings is 1. The molecule has 2 amide bonds. The van der Waals surface area contributed by atoms with Crippen LogP contribution in [0.5, 0.6) is 0 Å². The molecule has 0 spiro atoms. The normalized spacial score (nSPS) is 16.8. The first-order valence-corrected chi connectivity index (χ1v) is 11.2. The van der Waals surface area contributed by atoms with E-state index in [1.54, 1.807) is 16.6 Å². The summed E-state index contributed by atoms with van der Waals surface area (Å²) < 4.78 is 7.48. The number of nitrogens with two attached hydrogens (primary N) is 1. The summed E-state index contributed by atoms with van der Waals surface area (Å²) in [5.74, 6) is -0.616. The van der Waals surface area contributed by atoms with Crippen LogP contribution in [0.4, 0.5) is 0 Å². The molecule has 8 nitrogen and oxygen atoms in total. The maximum Gasteiger partial charge on any atom is 0.229 e. The van der Waals surface area contributed by atoms with E-state index in [1.807, 2.05) is 12.1 Å². The van der Waals surface area contributed by atoms with Crippen LogP contribution in [0.1, 0.15) is 18.2 Å². The van der Waals surface area contributed by atoms with Crippen molar-refractivity contribution in [2.24, 2.45) is 5.73 Å². The zero-order valence-corrected chi connectivity index (χ0v) is 19.3. The van der Waals surface area contributed by atoms with E-state index in [0.29, 0.717) is 47.0 Å². The number of hydrogen-bond acceptors (Lipinski definition) is 7. The number of ether oxygens (including phenoxy) is 1. The molecule has 2 N–H and O–H groups in total. The standard InChI is InChI=1S/C20H23Cl2N5O3S/c1-13(28)27(31-20-9-24-8-15(25-20)7-19(23)29)12-16-11-26(4-5-30-16)10-14-2-3-17(21)18(22)6-14/h2-3,6,8-9,16H,4-5,7,10-12H2,1H3,(H2,23,29)/t16-/m0/s1. The Balaban J connectivity index is 1.61. The monoisotopic (exact) mass is 483 g/mol. The molecular weight excluding hydrogens is 461 g/mol. The Bertz CT molecular complexity index is 949. The van der Waals surface area contributed by atoms with Crippen LogP contribution in [0.25, 0.3) is 0 Å². The molecule has 1 fully saturated rings. The van der Waals surface area contributed by atoms with Crippen LogP contribution in [-0.4, -0.2) is 63.3 Å². The lowest BCUT2D eigenvalue weighted by Crippen LogP contribution is -2.46. The maximum atomic E-state index is 12.2. The fraction of sp³-hybridized carbons (Fsp3) is 0.400. The number of halogens is 2. The van der Waals surface area contributed by atoms with Crippen LogP contribution < -0.4 is 5.73 Å². The summed E-state index contributed by atoms with van der Waals surface area (Å²) in [6.45, 7) is 4.60. The van der Waals surface area contributed by atoms with E-state index in [9.17, 15) is 9.59 Å². The molecule has 1 atom stereocenters. The Labute approximate surface area is 195 Å². The minimum atomic E-state index is -0.488. The van der Waals surface area contributed by atoms with Gasteiger partial charge in [-0.05, 0) is 17.7 Å². The van der Waals surface area contributed by atoms with E-state index in [2.05, 4.69) is 14.9 Å². The molecule has 3 rings (SSSR count). The molecule has 1 saturated heterocycles. The fourth-order valence-corrected chi connectivity index (χ4v) is 4.33. The second-order valence-corrected chi connectivity index (χ2v) is 9.00. The summed E-state index contributed by atoms with van der Waals surface area (Å²) in [4.78, 5) is 34.0. The molecule has 1 aliphatic rings. The summed E-state index contributed by atoms with van der Waals surface area (Å²) in [6, 6.07) is 5.61. The smallest absolute Gasteiger partial charge is 0.229 e. The average molecular weight is 484 g/mol. The van der Waals surface area contributed by atoms with E-state index in [0.717, 1.165) is 12.1 Å². The van der Waals surface area contributed by atoms with Crippen LogP contribution in [0.3, 0.4) is 0 Å². The van der Waals surface area contributed by atoms with Crippen LogP contribution >= 0.6 is 35.1 Å². The quantitative estimate of drug-likeness (QED) is 0.575. The number of nitrogens with zero attached hydrogens (tertiary/aromatic N) is 4. The highest BCUT2D eigenvalue weighted by atomic mass is 35.5. The maximum absolute atomic E-state index is 12.2. The van der Waals surface area contributed by atoms with Gasteiger partial charge in [-0.3, -0.25) is 23.8 Å². The largest absolute Gasteiger partial charge is 0.374 e. The number of amides is 2. The first-order chi connectivity index (χ1) is 14.8. The van der Waals surface area contributed by atoms with Gasteiger partial charge in [-0.2, -0.15) is 0 Å². The van der Waals surface area contributed by atoms with Crippen LogP contribution in [0.15, 0.2) is 35.6 Å². The number of carbonyl (C=O) groups excluding carboxylic acids is 2. The second kappa shape index (κ2) is 11.1. The third-order valence-corrected chi connectivity index (χ3v) is 6.30. The minimum Gasteiger partial charge on any atom is -0.374 e. The minimum absolute atomic E-state index is 0.00309. The van der Waals surface area contributed by atoms with Crippen molar-refractivity contribution in [1.82, 2.24) is 19.2 Å². The molecule has 0 aliphatic carbocycles. The Morgan fingerprint density at radius 2 is 2.13 bits per heavy atom. The molecule has 2 heterocycles. The lowest BCUT2D eigenvalue weighted by Gasteiger charge is -2.35. The van der Waals surface area contributed by atoms with E-state index in [4.69, 9.17) is 33.7 Å². The SMILES string of the molecule is CC(=O)N(C[C@@H]1CN(Cc2ccc(Cl)c(Cl)c2)CCO1)Sc1cncc(CC(N)=O)n1. The van der Waals surface area contributed by atoms with Crippen LogP contribution in [0.2, 0.25) is 10.0 Å². The van der Waals surface area contributed by atoms with Gasteiger partial charge >= 0.3 is 0 Å². The van der Waals surface area contributed by atoms with Crippen molar-refractivity contribution >= 4 is 47.0 Å². The molecule has 0 saturated carbocycles. The topological polar surface area (TPSA) is 102 Å². The van der Waals surface area contributed by atoms with Crippen molar-refractivity contribution in [1.29, 1.82) is 0 Å². The van der Waals surface area contributed by atoms with Gasteiger partial charge in [-0.15, -0.1) is 0 Å². The van der Waals surface area contributed by atoms with Gasteiger partial charge in [0.05, 0.1) is 47.6 Å². The highest BCUT2D eigenvalue weighted by Gasteiger charge is 2.25. The first kappa shape index (κ1) is 23.7. The van der Waals surface area contributed by atoms with Gasteiger partial charge in [0.25, 0.3) is 0 Å². The third-order valence-electron chi connectivity index (χ3n) is 4.56. The van der Waals surface area contributed by atoms with Crippen molar-refractivity contribution < 1.29 is 14.3 Å². The predicted octanol–water partition coefficient (Wildman–Crippen LogP) is 2.57. The predicted molar refractivity (Wildman–Crippen MR) is 120 cm³/mol. The summed E-state index contributed by atoms with van der Waals surface area (Å²) in [7, 11) is 0. The molecule has 0 unspecified atom stereocenters. The molecule has 2 aromatic rings. The van der Waals surface area contributed by atoms with Gasteiger partial charge in [0.2, 0.25) is 11.8 Å². The molecule has 1 aromatic heterocycles. The lowest BCUT2D eigenvalue weighted by molar-refractivity contribution is -0.126. The van der Waals surface area contributed by atoms with Crippen molar-refractivity contribution in [3.05, 3.63) is 51.9 Å². The number of primary amides is 1. The van der Waals surface area contributed by atoms with E-state index in [1.165, 1.54) is 25.1 Å². The first-order valence-electron chi connectivity index (χ1n) is 9.63. The molecule has 166 valence electrons. The number of carbonyl (C=O) groups is 2. The number of hydrogen-bond donors (Lipinski definition) is 1. The van der Waals surface area contributed by atoms with E-state index < -0.39 is 5.91 Å². The van der Waals surface area contributed by atoms with E-state index in [-0.39, 0.29) is 18.4 Å². The molecular formula is C20H23Cl2N5O3S. The molecule has 1 aromatic carbocycles. The van der Waals surface area contributed by atoms with Gasteiger partial charge in [0.1, 0.15) is 5.03 Å². The van der Waals surface area contributed by atoms with Crippen molar-refractivity contribution in [2.75, 3.05) is 26.2 Å². The van der Waals surface area contributed by atoms with Gasteiger partial charge in [-0.1, -0.05) is 29.3 Å². The Hall–Kier alpha value is -1.91. The van der Waals surface area contributed by atoms with Gasteiger partial charge in [0.15, 0.2) is 0 Å². The van der Waals surface area contributed by atoms with Crippen LogP contribution in [0, 0.1) is 0 Å². The molecule has 0 radical (unpaired) electrons. The summed E-state index contributed by atoms with van der Waals surface area (Å²) in [6.07, 6.45) is 2.87. The lowest BCUT2D eigenvalue weighted by atomic mass is 10.2.